The van der Waals surface area contributed by atoms with Crippen molar-refractivity contribution in [3.8, 4) is 0 Å². The van der Waals surface area contributed by atoms with Crippen LogP contribution in [0, 0.1) is 13.8 Å². The average molecular weight is 378 g/mol. The highest BCUT2D eigenvalue weighted by molar-refractivity contribution is 9.10. The Morgan fingerprint density at radius 1 is 1.00 bits per heavy atom. The standard InChI is InChI=1S/C17H16BrNS2/c1-11-9-12(2)16(13(18)10-11)19-17(14-5-3-7-20-14)15-6-4-8-21-15/h3-10,17,19H,1-2H3. The molecule has 0 saturated heterocycles. The van der Waals surface area contributed by atoms with Crippen LogP contribution in [0.1, 0.15) is 26.9 Å². The van der Waals surface area contributed by atoms with E-state index in [1.165, 1.54) is 26.6 Å². The molecule has 0 radical (unpaired) electrons. The van der Waals surface area contributed by atoms with Crippen molar-refractivity contribution in [2.75, 3.05) is 5.32 Å². The van der Waals surface area contributed by atoms with Gasteiger partial charge in [-0.25, -0.2) is 0 Å². The van der Waals surface area contributed by atoms with Crippen molar-refractivity contribution in [2.45, 2.75) is 19.9 Å². The largest absolute Gasteiger partial charge is 0.372 e. The molecule has 0 atom stereocenters. The fourth-order valence-corrected chi connectivity index (χ4v) is 4.89. The molecule has 0 amide bonds. The Hall–Kier alpha value is -1.10. The zero-order valence-corrected chi connectivity index (χ0v) is 15.1. The van der Waals surface area contributed by atoms with E-state index in [1.54, 1.807) is 22.7 Å². The smallest absolute Gasteiger partial charge is 0.0953 e. The first kappa shape index (κ1) is 14.8. The van der Waals surface area contributed by atoms with Crippen molar-refractivity contribution in [1.82, 2.24) is 0 Å². The van der Waals surface area contributed by atoms with Gasteiger partial charge in [0.15, 0.2) is 0 Å². The lowest BCUT2D eigenvalue weighted by molar-refractivity contribution is 0.986. The van der Waals surface area contributed by atoms with Crippen LogP contribution in [-0.2, 0) is 0 Å². The van der Waals surface area contributed by atoms with Gasteiger partial charge in [-0.3, -0.25) is 0 Å². The number of aryl methyl sites for hydroxylation is 2. The molecule has 0 aliphatic rings. The highest BCUT2D eigenvalue weighted by atomic mass is 79.9. The highest BCUT2D eigenvalue weighted by Gasteiger charge is 2.18. The number of anilines is 1. The minimum atomic E-state index is 0.211. The van der Waals surface area contributed by atoms with Crippen LogP contribution in [0.25, 0.3) is 0 Å². The average Bonchev–Trinajstić information content (AvgIpc) is 3.11. The van der Waals surface area contributed by atoms with E-state index < -0.39 is 0 Å². The molecule has 0 saturated carbocycles. The van der Waals surface area contributed by atoms with E-state index in [0.717, 1.165) is 4.47 Å². The highest BCUT2D eigenvalue weighted by Crippen LogP contribution is 2.36. The molecule has 0 spiro atoms. The molecule has 3 rings (SSSR count). The van der Waals surface area contributed by atoms with Gasteiger partial charge in [0.1, 0.15) is 0 Å². The third-order valence-corrected chi connectivity index (χ3v) is 5.88. The number of hydrogen-bond donors (Lipinski definition) is 1. The summed E-state index contributed by atoms with van der Waals surface area (Å²) < 4.78 is 1.12. The Balaban J connectivity index is 2.00. The second-order valence-electron chi connectivity index (χ2n) is 5.05. The Kier molecular flexibility index (Phi) is 4.48. The molecular weight excluding hydrogens is 362 g/mol. The summed E-state index contributed by atoms with van der Waals surface area (Å²) in [6.07, 6.45) is 0. The molecule has 3 aromatic rings. The van der Waals surface area contributed by atoms with Crippen LogP contribution in [0.4, 0.5) is 5.69 Å². The van der Waals surface area contributed by atoms with Gasteiger partial charge in [-0.15, -0.1) is 22.7 Å². The molecule has 0 fully saturated rings. The number of thiophene rings is 2. The molecule has 0 aliphatic carbocycles. The number of hydrogen-bond acceptors (Lipinski definition) is 3. The van der Waals surface area contributed by atoms with E-state index in [-0.39, 0.29) is 6.04 Å². The predicted molar refractivity (Wildman–Crippen MR) is 97.7 cm³/mol. The summed E-state index contributed by atoms with van der Waals surface area (Å²) in [5.74, 6) is 0. The molecule has 1 N–H and O–H groups in total. The summed E-state index contributed by atoms with van der Waals surface area (Å²) in [6.45, 7) is 4.28. The zero-order chi connectivity index (χ0) is 14.8. The van der Waals surface area contributed by atoms with Gasteiger partial charge in [-0.2, -0.15) is 0 Å². The Labute approximate surface area is 141 Å². The third kappa shape index (κ3) is 3.23. The molecule has 21 heavy (non-hydrogen) atoms. The summed E-state index contributed by atoms with van der Waals surface area (Å²) in [5.41, 5.74) is 3.71. The van der Waals surface area contributed by atoms with Gasteiger partial charge in [-0.05, 0) is 69.9 Å². The first-order valence-corrected chi connectivity index (χ1v) is 9.30. The van der Waals surface area contributed by atoms with Crippen LogP contribution in [0.15, 0.2) is 51.6 Å². The third-order valence-electron chi connectivity index (χ3n) is 3.38. The minimum Gasteiger partial charge on any atom is -0.372 e. The normalized spacial score (nSPS) is 11.0. The predicted octanol–water partition coefficient (Wildman–Crippen LogP) is 6.39. The molecule has 2 heterocycles. The maximum atomic E-state index is 3.72. The molecule has 1 nitrogen and oxygen atoms in total. The van der Waals surface area contributed by atoms with Gasteiger partial charge in [-0.1, -0.05) is 18.2 Å². The lowest BCUT2D eigenvalue weighted by Crippen LogP contribution is -2.11. The van der Waals surface area contributed by atoms with E-state index >= 15 is 0 Å². The van der Waals surface area contributed by atoms with Gasteiger partial charge in [0.2, 0.25) is 0 Å². The SMILES string of the molecule is Cc1cc(C)c(NC(c2cccs2)c2cccs2)c(Br)c1. The molecule has 0 aliphatic heterocycles. The maximum absolute atomic E-state index is 3.72. The van der Waals surface area contributed by atoms with Gasteiger partial charge in [0.05, 0.1) is 11.7 Å². The maximum Gasteiger partial charge on any atom is 0.0953 e. The second-order valence-corrected chi connectivity index (χ2v) is 7.86. The molecule has 1 aromatic carbocycles. The summed E-state index contributed by atoms with van der Waals surface area (Å²) in [7, 11) is 0. The first-order valence-electron chi connectivity index (χ1n) is 6.75. The summed E-state index contributed by atoms with van der Waals surface area (Å²) in [5, 5.41) is 7.99. The van der Waals surface area contributed by atoms with E-state index in [0.29, 0.717) is 0 Å². The molecule has 4 heteroatoms. The van der Waals surface area contributed by atoms with Crippen LogP contribution in [0.3, 0.4) is 0 Å². The van der Waals surface area contributed by atoms with Crippen molar-refractivity contribution >= 4 is 44.3 Å². The molecule has 2 aromatic heterocycles. The lowest BCUT2D eigenvalue weighted by atomic mass is 10.1. The minimum absolute atomic E-state index is 0.211. The number of benzene rings is 1. The molecular formula is C17H16BrNS2. The Morgan fingerprint density at radius 3 is 2.10 bits per heavy atom. The molecule has 0 bridgehead atoms. The van der Waals surface area contributed by atoms with Gasteiger partial charge >= 0.3 is 0 Å². The molecule has 108 valence electrons. The van der Waals surface area contributed by atoms with E-state index in [1.807, 2.05) is 0 Å². The fourth-order valence-electron chi connectivity index (χ4n) is 2.44. The van der Waals surface area contributed by atoms with Crippen molar-refractivity contribution in [2.24, 2.45) is 0 Å². The van der Waals surface area contributed by atoms with Crippen LogP contribution in [0.2, 0.25) is 0 Å². The molecule has 0 unspecified atom stereocenters. The van der Waals surface area contributed by atoms with Crippen molar-refractivity contribution in [3.63, 3.8) is 0 Å². The summed E-state index contributed by atoms with van der Waals surface area (Å²) in [6, 6.07) is 13.2. The number of nitrogens with one attached hydrogen (secondary N) is 1. The zero-order valence-electron chi connectivity index (χ0n) is 11.9. The van der Waals surface area contributed by atoms with Crippen molar-refractivity contribution in [1.29, 1.82) is 0 Å². The first-order chi connectivity index (χ1) is 10.1. The quantitative estimate of drug-likeness (QED) is 0.555. The van der Waals surface area contributed by atoms with Gasteiger partial charge in [0, 0.05) is 14.2 Å². The topological polar surface area (TPSA) is 12.0 Å². The van der Waals surface area contributed by atoms with Gasteiger partial charge in [0.25, 0.3) is 0 Å². The van der Waals surface area contributed by atoms with E-state index in [9.17, 15) is 0 Å². The Bertz CT molecular complexity index is 660. The van der Waals surface area contributed by atoms with Crippen molar-refractivity contribution in [3.05, 3.63) is 72.5 Å². The van der Waals surface area contributed by atoms with Crippen LogP contribution in [0.5, 0.6) is 0 Å². The van der Waals surface area contributed by atoms with Crippen molar-refractivity contribution < 1.29 is 0 Å². The van der Waals surface area contributed by atoms with Crippen LogP contribution < -0.4 is 5.32 Å². The summed E-state index contributed by atoms with van der Waals surface area (Å²) in [4.78, 5) is 2.67. The summed E-state index contributed by atoms with van der Waals surface area (Å²) >= 11 is 7.28. The van der Waals surface area contributed by atoms with Gasteiger partial charge < -0.3 is 5.32 Å². The second kappa shape index (κ2) is 6.34. The fraction of sp³-hybridized carbons (Fsp3) is 0.176. The van der Waals surface area contributed by atoms with Crippen LogP contribution in [-0.4, -0.2) is 0 Å². The Morgan fingerprint density at radius 2 is 1.62 bits per heavy atom. The van der Waals surface area contributed by atoms with E-state index in [2.05, 4.69) is 82.3 Å². The van der Waals surface area contributed by atoms with Crippen LogP contribution >= 0.6 is 38.6 Å². The monoisotopic (exact) mass is 377 g/mol. The number of rotatable bonds is 4. The number of halogens is 1. The lowest BCUT2D eigenvalue weighted by Gasteiger charge is -2.20. The van der Waals surface area contributed by atoms with E-state index in [4.69, 9.17) is 0 Å².